The standard InChI is InChI=1S/C12H14N4O2/c1-3-15-8-10(7-13-15)14-12-5-4-11(16(17)18)6-9(12)2/h4-8,14H,3H2,1-2H3. The number of non-ortho nitro benzene ring substituents is 1. The molecular formula is C12H14N4O2. The molecule has 1 aromatic carbocycles. The predicted octanol–water partition coefficient (Wildman–Crippen LogP) is 2.86. The normalized spacial score (nSPS) is 10.3. The van der Waals surface area contributed by atoms with Crippen molar-refractivity contribution >= 4 is 17.1 Å². The van der Waals surface area contributed by atoms with E-state index in [4.69, 9.17) is 0 Å². The lowest BCUT2D eigenvalue weighted by Crippen LogP contribution is -1.95. The highest BCUT2D eigenvalue weighted by atomic mass is 16.6. The molecule has 1 heterocycles. The predicted molar refractivity (Wildman–Crippen MR) is 69.0 cm³/mol. The lowest BCUT2D eigenvalue weighted by molar-refractivity contribution is -0.384. The topological polar surface area (TPSA) is 73.0 Å². The SMILES string of the molecule is CCn1cc(Nc2ccc([N+](=O)[O-])cc2C)cn1. The van der Waals surface area contributed by atoms with Crippen molar-refractivity contribution < 1.29 is 4.92 Å². The van der Waals surface area contributed by atoms with Gasteiger partial charge in [-0.25, -0.2) is 0 Å². The highest BCUT2D eigenvalue weighted by Gasteiger charge is 2.08. The van der Waals surface area contributed by atoms with Crippen molar-refractivity contribution in [2.45, 2.75) is 20.4 Å². The van der Waals surface area contributed by atoms with E-state index in [-0.39, 0.29) is 5.69 Å². The molecule has 0 saturated carbocycles. The number of anilines is 2. The van der Waals surface area contributed by atoms with Crippen molar-refractivity contribution in [3.63, 3.8) is 0 Å². The molecule has 0 spiro atoms. The Bertz CT molecular complexity index is 577. The molecule has 0 radical (unpaired) electrons. The summed E-state index contributed by atoms with van der Waals surface area (Å²) in [6.07, 6.45) is 3.62. The van der Waals surface area contributed by atoms with Crippen LogP contribution in [0.15, 0.2) is 30.6 Å². The molecule has 1 N–H and O–H groups in total. The Morgan fingerprint density at radius 1 is 1.50 bits per heavy atom. The Hall–Kier alpha value is -2.37. The molecule has 18 heavy (non-hydrogen) atoms. The molecule has 0 saturated heterocycles. The quantitative estimate of drug-likeness (QED) is 0.665. The fourth-order valence-electron chi connectivity index (χ4n) is 1.66. The minimum Gasteiger partial charge on any atom is -0.353 e. The van der Waals surface area contributed by atoms with Crippen LogP contribution < -0.4 is 5.32 Å². The zero-order valence-electron chi connectivity index (χ0n) is 10.3. The van der Waals surface area contributed by atoms with Gasteiger partial charge >= 0.3 is 0 Å². The molecule has 0 atom stereocenters. The molecule has 94 valence electrons. The van der Waals surface area contributed by atoms with Gasteiger partial charge in [-0.2, -0.15) is 5.10 Å². The van der Waals surface area contributed by atoms with E-state index in [1.807, 2.05) is 24.7 Å². The zero-order valence-corrected chi connectivity index (χ0v) is 10.3. The first-order valence-electron chi connectivity index (χ1n) is 5.64. The minimum absolute atomic E-state index is 0.0994. The van der Waals surface area contributed by atoms with Crippen LogP contribution in [-0.2, 0) is 6.54 Å². The van der Waals surface area contributed by atoms with Crippen molar-refractivity contribution in [3.05, 3.63) is 46.3 Å². The molecule has 6 nitrogen and oxygen atoms in total. The first-order chi connectivity index (χ1) is 8.60. The van der Waals surface area contributed by atoms with Crippen LogP contribution in [0.4, 0.5) is 17.1 Å². The second-order valence-corrected chi connectivity index (χ2v) is 3.97. The zero-order chi connectivity index (χ0) is 13.1. The number of nitrogens with zero attached hydrogens (tertiary/aromatic N) is 3. The van der Waals surface area contributed by atoms with Gasteiger partial charge in [0.2, 0.25) is 0 Å². The minimum atomic E-state index is -0.397. The third-order valence-electron chi connectivity index (χ3n) is 2.66. The summed E-state index contributed by atoms with van der Waals surface area (Å²) < 4.78 is 1.81. The van der Waals surface area contributed by atoms with Crippen LogP contribution in [0.2, 0.25) is 0 Å². The summed E-state index contributed by atoms with van der Waals surface area (Å²) in [5.41, 5.74) is 2.64. The van der Waals surface area contributed by atoms with Gasteiger partial charge in [0.25, 0.3) is 5.69 Å². The van der Waals surface area contributed by atoms with Crippen molar-refractivity contribution in [2.75, 3.05) is 5.32 Å². The van der Waals surface area contributed by atoms with Crippen molar-refractivity contribution in [1.29, 1.82) is 0 Å². The molecule has 0 amide bonds. The van der Waals surface area contributed by atoms with Gasteiger partial charge in [-0.1, -0.05) is 0 Å². The van der Waals surface area contributed by atoms with E-state index in [1.54, 1.807) is 18.3 Å². The van der Waals surface area contributed by atoms with Gasteiger partial charge in [-0.3, -0.25) is 14.8 Å². The van der Waals surface area contributed by atoms with Gasteiger partial charge in [-0.15, -0.1) is 0 Å². The number of benzene rings is 1. The first-order valence-corrected chi connectivity index (χ1v) is 5.64. The maximum absolute atomic E-state index is 10.6. The van der Waals surface area contributed by atoms with Gasteiger partial charge in [0.1, 0.15) is 0 Å². The second-order valence-electron chi connectivity index (χ2n) is 3.97. The monoisotopic (exact) mass is 246 g/mol. The van der Waals surface area contributed by atoms with Crippen LogP contribution in [0.25, 0.3) is 0 Å². The number of aryl methyl sites for hydroxylation is 2. The van der Waals surface area contributed by atoms with E-state index in [1.165, 1.54) is 6.07 Å². The van der Waals surface area contributed by atoms with Gasteiger partial charge in [0.15, 0.2) is 0 Å². The van der Waals surface area contributed by atoms with Crippen LogP contribution in [0.5, 0.6) is 0 Å². The Labute approximate surface area is 104 Å². The smallest absolute Gasteiger partial charge is 0.269 e. The molecule has 2 rings (SSSR count). The third kappa shape index (κ3) is 2.48. The Morgan fingerprint density at radius 2 is 2.28 bits per heavy atom. The molecule has 0 aliphatic rings. The molecule has 0 aliphatic heterocycles. The van der Waals surface area contributed by atoms with Gasteiger partial charge in [-0.05, 0) is 25.5 Å². The Kier molecular flexibility index (Phi) is 3.27. The largest absolute Gasteiger partial charge is 0.353 e. The fourth-order valence-corrected chi connectivity index (χ4v) is 1.66. The molecule has 0 fully saturated rings. The van der Waals surface area contributed by atoms with E-state index in [0.717, 1.165) is 23.5 Å². The van der Waals surface area contributed by atoms with E-state index in [0.29, 0.717) is 0 Å². The van der Waals surface area contributed by atoms with Crippen molar-refractivity contribution in [2.24, 2.45) is 0 Å². The van der Waals surface area contributed by atoms with Gasteiger partial charge < -0.3 is 5.32 Å². The number of aromatic nitrogens is 2. The van der Waals surface area contributed by atoms with E-state index in [2.05, 4.69) is 10.4 Å². The summed E-state index contributed by atoms with van der Waals surface area (Å²) in [6.45, 7) is 4.65. The Balaban J connectivity index is 2.21. The summed E-state index contributed by atoms with van der Waals surface area (Å²) >= 11 is 0. The van der Waals surface area contributed by atoms with E-state index < -0.39 is 4.92 Å². The number of hydrogen-bond acceptors (Lipinski definition) is 4. The number of nitro benzene ring substituents is 1. The van der Waals surface area contributed by atoms with Crippen LogP contribution in [-0.4, -0.2) is 14.7 Å². The lowest BCUT2D eigenvalue weighted by Gasteiger charge is -2.06. The maximum Gasteiger partial charge on any atom is 0.269 e. The average molecular weight is 246 g/mol. The molecule has 0 unspecified atom stereocenters. The molecular weight excluding hydrogens is 232 g/mol. The van der Waals surface area contributed by atoms with Crippen LogP contribution in [0, 0.1) is 17.0 Å². The molecule has 2 aromatic rings. The number of nitro groups is 1. The second kappa shape index (κ2) is 4.87. The summed E-state index contributed by atoms with van der Waals surface area (Å²) in [5.74, 6) is 0. The van der Waals surface area contributed by atoms with Crippen LogP contribution in [0.3, 0.4) is 0 Å². The van der Waals surface area contributed by atoms with Crippen molar-refractivity contribution in [3.8, 4) is 0 Å². The summed E-state index contributed by atoms with van der Waals surface area (Å²) in [4.78, 5) is 10.2. The van der Waals surface area contributed by atoms with Gasteiger partial charge in [0.05, 0.1) is 16.8 Å². The van der Waals surface area contributed by atoms with E-state index >= 15 is 0 Å². The molecule has 1 aromatic heterocycles. The van der Waals surface area contributed by atoms with Gasteiger partial charge in [0, 0.05) is 30.6 Å². The van der Waals surface area contributed by atoms with Crippen molar-refractivity contribution in [1.82, 2.24) is 9.78 Å². The number of nitrogens with one attached hydrogen (secondary N) is 1. The van der Waals surface area contributed by atoms with Crippen LogP contribution in [0.1, 0.15) is 12.5 Å². The molecule has 0 aliphatic carbocycles. The van der Waals surface area contributed by atoms with Crippen LogP contribution >= 0.6 is 0 Å². The Morgan fingerprint density at radius 3 is 2.83 bits per heavy atom. The third-order valence-corrected chi connectivity index (χ3v) is 2.66. The molecule has 6 heteroatoms. The average Bonchev–Trinajstić information content (AvgIpc) is 2.79. The first kappa shape index (κ1) is 12.1. The maximum atomic E-state index is 10.6. The highest BCUT2D eigenvalue weighted by molar-refractivity contribution is 5.63. The summed E-state index contributed by atoms with van der Waals surface area (Å²) in [6, 6.07) is 4.74. The summed E-state index contributed by atoms with van der Waals surface area (Å²) in [5, 5.41) is 18.0. The highest BCUT2D eigenvalue weighted by Crippen LogP contribution is 2.24. The summed E-state index contributed by atoms with van der Waals surface area (Å²) in [7, 11) is 0. The number of hydrogen-bond donors (Lipinski definition) is 1. The number of rotatable bonds is 4. The lowest BCUT2D eigenvalue weighted by atomic mass is 10.2. The fraction of sp³-hybridized carbons (Fsp3) is 0.250. The molecule has 0 bridgehead atoms. The van der Waals surface area contributed by atoms with E-state index in [9.17, 15) is 10.1 Å².